The molecule has 0 bridgehead atoms. The van der Waals surface area contributed by atoms with E-state index in [1.807, 2.05) is 0 Å². The molecule has 0 aliphatic heterocycles. The van der Waals surface area contributed by atoms with Crippen LogP contribution in [0.15, 0.2) is 0 Å². The molecule has 1 rings (SSSR count). The number of hydrogen-bond acceptors (Lipinski definition) is 0. The van der Waals surface area contributed by atoms with Gasteiger partial charge in [-0.25, -0.2) is 0 Å². The van der Waals surface area contributed by atoms with Crippen molar-refractivity contribution in [3.8, 4) is 0 Å². The lowest BCUT2D eigenvalue weighted by Crippen LogP contribution is -2.17. The van der Waals surface area contributed by atoms with E-state index in [0.29, 0.717) is 4.32 Å². The van der Waals surface area contributed by atoms with Crippen LogP contribution in [0, 0.1) is 5.92 Å². The Balaban J connectivity index is 2.35. The Morgan fingerprint density at radius 3 is 2.20 bits per heavy atom. The summed E-state index contributed by atoms with van der Waals surface area (Å²) in [6.45, 7) is 4.81. The van der Waals surface area contributed by atoms with Gasteiger partial charge < -0.3 is 0 Å². The summed E-state index contributed by atoms with van der Waals surface area (Å²) in [5.41, 5.74) is 0. The van der Waals surface area contributed by atoms with Crippen molar-refractivity contribution in [2.75, 3.05) is 0 Å². The van der Waals surface area contributed by atoms with Crippen molar-refractivity contribution in [1.29, 1.82) is 0 Å². The topological polar surface area (TPSA) is 0 Å². The molecule has 1 heteroatoms. The van der Waals surface area contributed by atoms with Crippen LogP contribution in [0.25, 0.3) is 0 Å². The van der Waals surface area contributed by atoms with E-state index in [4.69, 9.17) is 0 Å². The lowest BCUT2D eigenvalue weighted by molar-refractivity contribution is 0.392. The van der Waals surface area contributed by atoms with E-state index in [2.05, 4.69) is 29.8 Å². The summed E-state index contributed by atoms with van der Waals surface area (Å²) in [5.74, 6) is 0.932. The third kappa shape index (κ3) is 6.60. The van der Waals surface area contributed by atoms with Crippen LogP contribution in [0.5, 0.6) is 0 Å². The average molecular weight is 275 g/mol. The molecule has 0 saturated heterocycles. The second-order valence-electron chi connectivity index (χ2n) is 5.72. The first kappa shape index (κ1) is 13.5. The van der Waals surface area contributed by atoms with Crippen LogP contribution in [0.3, 0.4) is 0 Å². The predicted octanol–water partition coefficient (Wildman–Crippen LogP) is 5.69. The second kappa shape index (κ2) is 6.93. The molecule has 0 aromatic rings. The molecule has 1 aliphatic carbocycles. The molecule has 0 aromatic heterocycles. The van der Waals surface area contributed by atoms with Crippen molar-refractivity contribution < 1.29 is 0 Å². The fraction of sp³-hybridized carbons (Fsp3) is 1.00. The largest absolute Gasteiger partial charge is 0.0856 e. The monoisotopic (exact) mass is 274 g/mol. The summed E-state index contributed by atoms with van der Waals surface area (Å²) in [7, 11) is 0. The molecule has 0 nitrogen and oxygen atoms in total. The maximum absolute atomic E-state index is 3.91. The zero-order valence-electron chi connectivity index (χ0n) is 10.5. The van der Waals surface area contributed by atoms with Crippen molar-refractivity contribution in [3.63, 3.8) is 0 Å². The fourth-order valence-electron chi connectivity index (χ4n) is 2.51. The summed E-state index contributed by atoms with van der Waals surface area (Å²) >= 11 is 3.91. The average Bonchev–Trinajstić information content (AvgIpc) is 2.17. The molecule has 2 unspecified atom stereocenters. The molecule has 90 valence electrons. The molecule has 0 aromatic carbocycles. The fourth-order valence-corrected chi connectivity index (χ4v) is 3.02. The Hall–Kier alpha value is 0.480. The van der Waals surface area contributed by atoms with Crippen molar-refractivity contribution in [3.05, 3.63) is 0 Å². The molecule has 1 fully saturated rings. The molecular formula is C14H27Br. The van der Waals surface area contributed by atoms with Crippen LogP contribution in [-0.2, 0) is 0 Å². The van der Waals surface area contributed by atoms with Crippen molar-refractivity contribution in [1.82, 2.24) is 0 Å². The van der Waals surface area contributed by atoms with Gasteiger partial charge >= 0.3 is 0 Å². The lowest BCUT2D eigenvalue weighted by Gasteiger charge is -2.25. The first-order chi connectivity index (χ1) is 7.10. The Kier molecular flexibility index (Phi) is 6.26. The molecule has 1 saturated carbocycles. The lowest BCUT2D eigenvalue weighted by atomic mass is 9.90. The van der Waals surface area contributed by atoms with Gasteiger partial charge in [-0.3, -0.25) is 0 Å². The normalized spacial score (nSPS) is 36.6. The van der Waals surface area contributed by atoms with Crippen LogP contribution in [0.1, 0.15) is 78.1 Å². The van der Waals surface area contributed by atoms with Gasteiger partial charge in [-0.15, -0.1) is 0 Å². The van der Waals surface area contributed by atoms with Gasteiger partial charge in [0.1, 0.15) is 0 Å². The van der Waals surface area contributed by atoms with Gasteiger partial charge in [0.2, 0.25) is 0 Å². The molecule has 2 atom stereocenters. The summed E-state index contributed by atoms with van der Waals surface area (Å²) in [4.78, 5) is 0. The van der Waals surface area contributed by atoms with E-state index in [9.17, 15) is 0 Å². The van der Waals surface area contributed by atoms with E-state index in [-0.39, 0.29) is 0 Å². The molecule has 1 aliphatic rings. The maximum Gasteiger partial charge on any atom is 0.0230 e. The summed E-state index contributed by atoms with van der Waals surface area (Å²) in [5, 5.41) is 0. The van der Waals surface area contributed by atoms with Crippen LogP contribution < -0.4 is 0 Å². The van der Waals surface area contributed by atoms with Crippen molar-refractivity contribution in [2.45, 2.75) is 82.4 Å². The van der Waals surface area contributed by atoms with Gasteiger partial charge in [0.15, 0.2) is 0 Å². The highest BCUT2D eigenvalue weighted by Crippen LogP contribution is 2.33. The Labute approximate surface area is 104 Å². The van der Waals surface area contributed by atoms with Crippen LogP contribution in [-0.4, -0.2) is 4.32 Å². The summed E-state index contributed by atoms with van der Waals surface area (Å²) < 4.78 is 0.417. The highest BCUT2D eigenvalue weighted by atomic mass is 79.9. The molecule has 15 heavy (non-hydrogen) atoms. The molecule has 0 N–H and O–H groups in total. The molecule has 0 spiro atoms. The Bertz CT molecular complexity index is 163. The van der Waals surface area contributed by atoms with E-state index < -0.39 is 0 Å². The van der Waals surface area contributed by atoms with Gasteiger partial charge in [-0.2, -0.15) is 0 Å². The number of alkyl halides is 1. The Morgan fingerprint density at radius 2 is 1.47 bits per heavy atom. The standard InChI is InChI=1S/C14H27Br/c1-13-9-7-5-3-4-6-8-11-14(2,15)12-10-13/h13H,3-12H2,1-2H3. The minimum absolute atomic E-state index is 0.417. The van der Waals surface area contributed by atoms with Gasteiger partial charge in [-0.05, 0) is 32.1 Å². The number of hydrogen-bond donors (Lipinski definition) is 0. The second-order valence-corrected chi connectivity index (χ2v) is 7.63. The van der Waals surface area contributed by atoms with Crippen LogP contribution >= 0.6 is 15.9 Å². The smallest absolute Gasteiger partial charge is 0.0230 e. The summed E-state index contributed by atoms with van der Waals surface area (Å²) in [6, 6.07) is 0. The third-order valence-corrected chi connectivity index (χ3v) is 4.60. The minimum Gasteiger partial charge on any atom is -0.0856 e. The molecular weight excluding hydrogens is 248 g/mol. The minimum atomic E-state index is 0.417. The molecule has 0 heterocycles. The van der Waals surface area contributed by atoms with E-state index in [1.54, 1.807) is 0 Å². The quantitative estimate of drug-likeness (QED) is 0.498. The highest BCUT2D eigenvalue weighted by molar-refractivity contribution is 9.10. The first-order valence-electron chi connectivity index (χ1n) is 6.79. The van der Waals surface area contributed by atoms with Gasteiger partial charge in [0.25, 0.3) is 0 Å². The number of halogens is 1. The SMILES string of the molecule is CC1CCCCCCCCC(C)(Br)CC1. The van der Waals surface area contributed by atoms with Gasteiger partial charge in [-0.1, -0.05) is 67.8 Å². The highest BCUT2D eigenvalue weighted by Gasteiger charge is 2.20. The summed E-state index contributed by atoms with van der Waals surface area (Å²) in [6.07, 6.45) is 14.3. The van der Waals surface area contributed by atoms with Crippen molar-refractivity contribution in [2.24, 2.45) is 5.92 Å². The first-order valence-corrected chi connectivity index (χ1v) is 7.58. The van der Waals surface area contributed by atoms with E-state index >= 15 is 0 Å². The van der Waals surface area contributed by atoms with Gasteiger partial charge in [0.05, 0.1) is 0 Å². The van der Waals surface area contributed by atoms with E-state index in [0.717, 1.165) is 5.92 Å². The third-order valence-electron chi connectivity index (χ3n) is 3.80. The Morgan fingerprint density at radius 1 is 0.867 bits per heavy atom. The van der Waals surface area contributed by atoms with E-state index in [1.165, 1.54) is 64.2 Å². The van der Waals surface area contributed by atoms with Crippen LogP contribution in [0.2, 0.25) is 0 Å². The zero-order valence-corrected chi connectivity index (χ0v) is 12.1. The van der Waals surface area contributed by atoms with Gasteiger partial charge in [0, 0.05) is 4.32 Å². The number of rotatable bonds is 0. The van der Waals surface area contributed by atoms with Crippen molar-refractivity contribution >= 4 is 15.9 Å². The maximum atomic E-state index is 3.91. The molecule has 0 radical (unpaired) electrons. The van der Waals surface area contributed by atoms with Crippen LogP contribution in [0.4, 0.5) is 0 Å². The zero-order chi connectivity index (χ0) is 11.1. The molecule has 0 amide bonds. The predicted molar refractivity (Wildman–Crippen MR) is 72.7 cm³/mol.